The van der Waals surface area contributed by atoms with Gasteiger partial charge in [-0.3, -0.25) is 0 Å². The van der Waals surface area contributed by atoms with E-state index in [-0.39, 0.29) is 46.6 Å². The fourth-order valence-corrected chi connectivity index (χ4v) is 4.07. The first-order valence-electron chi connectivity index (χ1n) is 5.83. The Morgan fingerprint density at radius 3 is 2.10 bits per heavy atom. The van der Waals surface area contributed by atoms with Crippen molar-refractivity contribution in [1.82, 2.24) is 4.31 Å². The van der Waals surface area contributed by atoms with Crippen molar-refractivity contribution in [3.8, 4) is 12.1 Å². The van der Waals surface area contributed by atoms with Gasteiger partial charge < -0.3 is 5.73 Å². The fraction of sp³-hybridized carbons (Fsp3) is 0.333. The molecule has 6 nitrogen and oxygen atoms in total. The molecule has 0 aliphatic carbocycles. The molecule has 0 radical (unpaired) electrons. The Balaban J connectivity index is 3.29. The molecule has 0 aromatic heterocycles. The number of nitrogens with zero attached hydrogens (tertiary/aromatic N) is 3. The van der Waals surface area contributed by atoms with Gasteiger partial charge in [0.05, 0.1) is 22.8 Å². The Bertz CT molecular complexity index is 666. The summed E-state index contributed by atoms with van der Waals surface area (Å²) in [5.74, 6) is 0. The first-order chi connectivity index (χ1) is 9.84. The van der Waals surface area contributed by atoms with Crippen LogP contribution in [0.5, 0.6) is 0 Å². The van der Waals surface area contributed by atoms with Gasteiger partial charge in [-0.1, -0.05) is 23.2 Å². The van der Waals surface area contributed by atoms with Crippen molar-refractivity contribution in [3.63, 3.8) is 0 Å². The second-order valence-electron chi connectivity index (χ2n) is 4.03. The van der Waals surface area contributed by atoms with Crippen LogP contribution in [-0.4, -0.2) is 25.8 Å². The van der Waals surface area contributed by atoms with E-state index in [9.17, 15) is 8.42 Å². The van der Waals surface area contributed by atoms with Crippen LogP contribution in [0.25, 0.3) is 0 Å². The number of nitriles is 2. The summed E-state index contributed by atoms with van der Waals surface area (Å²) in [6, 6.07) is 6.29. The van der Waals surface area contributed by atoms with Crippen LogP contribution in [0.3, 0.4) is 0 Å². The van der Waals surface area contributed by atoms with Gasteiger partial charge >= 0.3 is 0 Å². The van der Waals surface area contributed by atoms with Crippen molar-refractivity contribution >= 4 is 38.9 Å². The number of anilines is 1. The lowest BCUT2D eigenvalue weighted by Gasteiger charge is -2.21. The maximum atomic E-state index is 12.6. The predicted molar refractivity (Wildman–Crippen MR) is 80.1 cm³/mol. The standard InChI is InChI=1S/C12H12Cl2N4O2S/c13-9-7-10(14)12(11(17)8-9)21(19,20)18(5-1-3-15)6-2-4-16/h7-8H,1-2,5-6,17H2. The molecule has 0 spiro atoms. The smallest absolute Gasteiger partial charge is 0.246 e. The summed E-state index contributed by atoms with van der Waals surface area (Å²) in [6.45, 7) is -0.0855. The minimum atomic E-state index is -4.01. The fourth-order valence-electron chi connectivity index (χ4n) is 1.68. The summed E-state index contributed by atoms with van der Waals surface area (Å²) < 4.78 is 26.2. The molecule has 21 heavy (non-hydrogen) atoms. The molecule has 0 bridgehead atoms. The first-order valence-corrected chi connectivity index (χ1v) is 8.02. The molecule has 0 atom stereocenters. The van der Waals surface area contributed by atoms with E-state index in [4.69, 9.17) is 39.5 Å². The maximum absolute atomic E-state index is 12.6. The van der Waals surface area contributed by atoms with E-state index in [1.807, 2.05) is 12.1 Å². The summed E-state index contributed by atoms with van der Waals surface area (Å²) in [4.78, 5) is -0.260. The molecule has 0 aliphatic heterocycles. The van der Waals surface area contributed by atoms with Gasteiger partial charge in [0.2, 0.25) is 10.0 Å². The second-order valence-corrected chi connectivity index (χ2v) is 6.74. The van der Waals surface area contributed by atoms with Crippen LogP contribution in [-0.2, 0) is 10.0 Å². The van der Waals surface area contributed by atoms with Gasteiger partial charge in [-0.05, 0) is 12.1 Å². The summed E-state index contributed by atoms with van der Waals surface area (Å²) >= 11 is 11.7. The lowest BCUT2D eigenvalue weighted by molar-refractivity contribution is 0.425. The average molecular weight is 347 g/mol. The zero-order valence-corrected chi connectivity index (χ0v) is 13.2. The highest BCUT2D eigenvalue weighted by Gasteiger charge is 2.28. The molecule has 1 rings (SSSR count). The molecule has 0 fully saturated rings. The molecule has 0 aliphatic rings. The van der Waals surface area contributed by atoms with Gasteiger partial charge in [0.25, 0.3) is 0 Å². The number of hydrogen-bond donors (Lipinski definition) is 1. The van der Waals surface area contributed by atoms with E-state index in [1.54, 1.807) is 0 Å². The molecule has 0 saturated carbocycles. The van der Waals surface area contributed by atoms with Crippen LogP contribution in [0.2, 0.25) is 10.0 Å². The number of halogens is 2. The highest BCUT2D eigenvalue weighted by atomic mass is 35.5. The summed E-state index contributed by atoms with van der Waals surface area (Å²) in [7, 11) is -4.01. The third-order valence-electron chi connectivity index (χ3n) is 2.58. The Morgan fingerprint density at radius 2 is 1.67 bits per heavy atom. The molecule has 2 N–H and O–H groups in total. The summed E-state index contributed by atoms with van der Waals surface area (Å²) in [5.41, 5.74) is 5.62. The quantitative estimate of drug-likeness (QED) is 0.794. The largest absolute Gasteiger partial charge is 0.398 e. The third kappa shape index (κ3) is 4.23. The van der Waals surface area contributed by atoms with Crippen molar-refractivity contribution in [3.05, 3.63) is 22.2 Å². The molecule has 0 saturated heterocycles. The number of nitrogen functional groups attached to an aromatic ring is 1. The van der Waals surface area contributed by atoms with E-state index >= 15 is 0 Å². The minimum Gasteiger partial charge on any atom is -0.398 e. The molecule has 1 aromatic rings. The highest BCUT2D eigenvalue weighted by Crippen LogP contribution is 2.33. The molecule has 9 heteroatoms. The monoisotopic (exact) mass is 346 g/mol. The molecular weight excluding hydrogens is 335 g/mol. The Kier molecular flexibility index (Phi) is 6.25. The van der Waals surface area contributed by atoms with Gasteiger partial charge in [-0.15, -0.1) is 0 Å². The predicted octanol–water partition coefficient (Wildman–Crippen LogP) is 2.39. The van der Waals surface area contributed by atoms with Crippen molar-refractivity contribution in [2.45, 2.75) is 17.7 Å². The normalized spacial score (nSPS) is 11.1. The lowest BCUT2D eigenvalue weighted by atomic mass is 10.3. The van der Waals surface area contributed by atoms with Gasteiger partial charge in [0, 0.05) is 31.0 Å². The maximum Gasteiger partial charge on any atom is 0.246 e. The lowest BCUT2D eigenvalue weighted by Crippen LogP contribution is -2.33. The number of sulfonamides is 1. The second kappa shape index (κ2) is 7.48. The first kappa shape index (κ1) is 17.5. The number of benzene rings is 1. The van der Waals surface area contributed by atoms with E-state index in [0.717, 1.165) is 4.31 Å². The highest BCUT2D eigenvalue weighted by molar-refractivity contribution is 7.89. The molecule has 1 aromatic carbocycles. The van der Waals surface area contributed by atoms with E-state index in [2.05, 4.69) is 0 Å². The van der Waals surface area contributed by atoms with Crippen LogP contribution < -0.4 is 5.73 Å². The SMILES string of the molecule is N#CCCN(CCC#N)S(=O)(=O)c1c(N)cc(Cl)cc1Cl. The number of nitrogens with two attached hydrogens (primary N) is 1. The zero-order valence-electron chi connectivity index (χ0n) is 10.9. The molecule has 0 unspecified atom stereocenters. The zero-order chi connectivity index (χ0) is 16.0. The molecule has 112 valence electrons. The Hall–Kier alpha value is -1.51. The van der Waals surface area contributed by atoms with Gasteiger partial charge in [-0.2, -0.15) is 14.8 Å². The van der Waals surface area contributed by atoms with Crippen LogP contribution in [0.4, 0.5) is 5.69 Å². The van der Waals surface area contributed by atoms with E-state index in [1.165, 1.54) is 12.1 Å². The van der Waals surface area contributed by atoms with Crippen molar-refractivity contribution < 1.29 is 8.42 Å². The number of rotatable bonds is 6. The third-order valence-corrected chi connectivity index (χ3v) is 5.23. The topological polar surface area (TPSA) is 111 Å². The molecule has 0 amide bonds. The van der Waals surface area contributed by atoms with Crippen molar-refractivity contribution in [1.29, 1.82) is 10.5 Å². The van der Waals surface area contributed by atoms with Crippen molar-refractivity contribution in [2.24, 2.45) is 0 Å². The van der Waals surface area contributed by atoms with Gasteiger partial charge in [0.1, 0.15) is 4.90 Å². The summed E-state index contributed by atoms with van der Waals surface area (Å²) in [5, 5.41) is 17.4. The number of hydrogen-bond acceptors (Lipinski definition) is 5. The van der Waals surface area contributed by atoms with E-state index < -0.39 is 10.0 Å². The minimum absolute atomic E-state index is 0.00419. The van der Waals surface area contributed by atoms with Crippen LogP contribution in [0, 0.1) is 22.7 Å². The molecule has 0 heterocycles. The average Bonchev–Trinajstić information content (AvgIpc) is 2.36. The van der Waals surface area contributed by atoms with Crippen LogP contribution in [0.15, 0.2) is 17.0 Å². The Labute approximate surface area is 133 Å². The molecular formula is C12H12Cl2N4O2S. The van der Waals surface area contributed by atoms with E-state index in [0.29, 0.717) is 0 Å². The van der Waals surface area contributed by atoms with Crippen LogP contribution in [0.1, 0.15) is 12.8 Å². The van der Waals surface area contributed by atoms with Gasteiger partial charge in [-0.25, -0.2) is 8.42 Å². The summed E-state index contributed by atoms with van der Waals surface area (Å²) in [6.07, 6.45) is -0.00839. The van der Waals surface area contributed by atoms with Crippen LogP contribution >= 0.6 is 23.2 Å². The van der Waals surface area contributed by atoms with Gasteiger partial charge in [0.15, 0.2) is 0 Å². The Morgan fingerprint density at radius 1 is 1.14 bits per heavy atom. The van der Waals surface area contributed by atoms with Crippen molar-refractivity contribution in [2.75, 3.05) is 18.8 Å².